The molecule has 5 heteroatoms. The Morgan fingerprint density at radius 3 is 2.47 bits per heavy atom. The summed E-state index contributed by atoms with van der Waals surface area (Å²) >= 11 is 0. The van der Waals surface area contributed by atoms with Crippen molar-refractivity contribution in [2.75, 3.05) is 5.43 Å². The normalized spacial score (nSPS) is 11.4. The Morgan fingerprint density at radius 1 is 0.767 bits per heavy atom. The van der Waals surface area contributed by atoms with Crippen molar-refractivity contribution in [3.8, 4) is 11.3 Å². The highest BCUT2D eigenvalue weighted by Gasteiger charge is 2.09. The molecule has 0 amide bonds. The third kappa shape index (κ3) is 3.49. The fourth-order valence-electron chi connectivity index (χ4n) is 3.46. The summed E-state index contributed by atoms with van der Waals surface area (Å²) < 4.78 is 0. The molecule has 0 saturated heterocycles. The fourth-order valence-corrected chi connectivity index (χ4v) is 3.46. The molecule has 0 aliphatic heterocycles. The van der Waals surface area contributed by atoms with Crippen molar-refractivity contribution < 1.29 is 0 Å². The van der Waals surface area contributed by atoms with Crippen molar-refractivity contribution in [1.82, 2.24) is 15.0 Å². The first-order chi connectivity index (χ1) is 14.8. The first kappa shape index (κ1) is 17.9. The molecule has 2 aromatic heterocycles. The van der Waals surface area contributed by atoms with E-state index in [-0.39, 0.29) is 0 Å². The van der Waals surface area contributed by atoms with Gasteiger partial charge >= 0.3 is 0 Å². The van der Waals surface area contributed by atoms with Crippen LogP contribution in [0.25, 0.3) is 33.1 Å². The number of anilines is 1. The number of hydrogen-bond donors (Lipinski definition) is 1. The molecular weight excluding hydrogens is 370 g/mol. The number of pyridine rings is 1. The highest BCUT2D eigenvalue weighted by atomic mass is 15.3. The topological polar surface area (TPSA) is 63.1 Å². The van der Waals surface area contributed by atoms with Crippen molar-refractivity contribution >= 4 is 34.0 Å². The molecule has 5 rings (SSSR count). The smallest absolute Gasteiger partial charge is 0.244 e. The van der Waals surface area contributed by atoms with Crippen molar-refractivity contribution in [3.63, 3.8) is 0 Å². The van der Waals surface area contributed by atoms with Gasteiger partial charge in [0.05, 0.1) is 22.9 Å². The Kier molecular flexibility index (Phi) is 4.62. The monoisotopic (exact) mass is 389 g/mol. The summed E-state index contributed by atoms with van der Waals surface area (Å²) in [5.41, 5.74) is 8.93. The summed E-state index contributed by atoms with van der Waals surface area (Å²) in [6.45, 7) is 2.08. The summed E-state index contributed by atoms with van der Waals surface area (Å²) in [7, 11) is 0. The molecular formula is C25H19N5. The molecule has 5 aromatic rings. The van der Waals surface area contributed by atoms with E-state index in [1.807, 2.05) is 54.6 Å². The van der Waals surface area contributed by atoms with Gasteiger partial charge in [0.2, 0.25) is 5.95 Å². The molecule has 0 radical (unpaired) electrons. The standard InChI is InChI=1S/C25H19N5/c1-17-11-13-18(14-12-17)24-21-7-2-3-9-23(21)28-25(29-24)30-27-16-19-6-4-10-22-20(19)8-5-15-26-22/h2-16H,1H3,(H,28,29,30)/b27-16+. The van der Waals surface area contributed by atoms with E-state index in [9.17, 15) is 0 Å². The lowest BCUT2D eigenvalue weighted by atomic mass is 10.1. The molecule has 0 saturated carbocycles. The van der Waals surface area contributed by atoms with Crippen LogP contribution >= 0.6 is 0 Å². The van der Waals surface area contributed by atoms with E-state index < -0.39 is 0 Å². The Labute approximate surface area is 174 Å². The molecule has 30 heavy (non-hydrogen) atoms. The zero-order valence-electron chi connectivity index (χ0n) is 16.4. The van der Waals surface area contributed by atoms with Gasteiger partial charge in [0.25, 0.3) is 0 Å². The molecule has 5 nitrogen and oxygen atoms in total. The van der Waals surface area contributed by atoms with Gasteiger partial charge in [0, 0.05) is 28.1 Å². The van der Waals surface area contributed by atoms with E-state index in [0.717, 1.165) is 38.6 Å². The lowest BCUT2D eigenvalue weighted by molar-refractivity contribution is 1.16. The predicted molar refractivity (Wildman–Crippen MR) is 123 cm³/mol. The number of para-hydroxylation sites is 1. The number of fused-ring (bicyclic) bond motifs is 2. The molecule has 2 heterocycles. The molecule has 0 bridgehead atoms. The van der Waals surface area contributed by atoms with Gasteiger partial charge < -0.3 is 0 Å². The van der Waals surface area contributed by atoms with Crippen LogP contribution in [0.15, 0.2) is 90.2 Å². The first-order valence-electron chi connectivity index (χ1n) is 9.74. The van der Waals surface area contributed by atoms with Crippen molar-refractivity contribution in [3.05, 3.63) is 96.2 Å². The average molecular weight is 389 g/mol. The fraction of sp³-hybridized carbons (Fsp3) is 0.0400. The Hall–Kier alpha value is -4.12. The van der Waals surface area contributed by atoms with Crippen LogP contribution in [0.3, 0.4) is 0 Å². The number of aryl methyl sites for hydroxylation is 1. The van der Waals surface area contributed by atoms with Gasteiger partial charge in [0.15, 0.2) is 0 Å². The molecule has 0 aliphatic rings. The van der Waals surface area contributed by atoms with Crippen LogP contribution in [-0.4, -0.2) is 21.2 Å². The second-order valence-electron chi connectivity index (χ2n) is 7.07. The van der Waals surface area contributed by atoms with Crippen LogP contribution in [0, 0.1) is 6.92 Å². The minimum atomic E-state index is 0.457. The van der Waals surface area contributed by atoms with Gasteiger partial charge in [-0.1, -0.05) is 66.2 Å². The molecule has 0 aliphatic carbocycles. The van der Waals surface area contributed by atoms with Crippen LogP contribution < -0.4 is 5.43 Å². The number of nitrogens with zero attached hydrogens (tertiary/aromatic N) is 4. The highest BCUT2D eigenvalue weighted by molar-refractivity contribution is 5.98. The first-order valence-corrected chi connectivity index (χ1v) is 9.74. The minimum Gasteiger partial charge on any atom is -0.256 e. The lowest BCUT2D eigenvalue weighted by Crippen LogP contribution is -2.00. The third-order valence-corrected chi connectivity index (χ3v) is 4.98. The maximum atomic E-state index is 4.75. The molecule has 0 fully saturated rings. The van der Waals surface area contributed by atoms with E-state index in [1.165, 1.54) is 5.56 Å². The number of hydrogen-bond acceptors (Lipinski definition) is 5. The quantitative estimate of drug-likeness (QED) is 0.321. The number of nitrogens with one attached hydrogen (secondary N) is 1. The third-order valence-electron chi connectivity index (χ3n) is 4.98. The second-order valence-corrected chi connectivity index (χ2v) is 7.07. The second kappa shape index (κ2) is 7.72. The summed E-state index contributed by atoms with van der Waals surface area (Å²) in [6, 6.07) is 26.3. The van der Waals surface area contributed by atoms with Gasteiger partial charge in [-0.3, -0.25) is 4.98 Å². The Morgan fingerprint density at radius 2 is 1.57 bits per heavy atom. The van der Waals surface area contributed by atoms with Crippen LogP contribution in [0.2, 0.25) is 0 Å². The summed E-state index contributed by atoms with van der Waals surface area (Å²) in [4.78, 5) is 13.8. The van der Waals surface area contributed by atoms with Crippen LogP contribution in [0.1, 0.15) is 11.1 Å². The molecule has 3 aromatic carbocycles. The largest absolute Gasteiger partial charge is 0.256 e. The molecule has 0 atom stereocenters. The van der Waals surface area contributed by atoms with Crippen LogP contribution in [-0.2, 0) is 0 Å². The van der Waals surface area contributed by atoms with E-state index in [4.69, 9.17) is 4.98 Å². The van der Waals surface area contributed by atoms with E-state index >= 15 is 0 Å². The van der Waals surface area contributed by atoms with Crippen molar-refractivity contribution in [2.24, 2.45) is 5.10 Å². The van der Waals surface area contributed by atoms with E-state index in [1.54, 1.807) is 12.4 Å². The van der Waals surface area contributed by atoms with Gasteiger partial charge in [-0.2, -0.15) is 5.10 Å². The number of rotatable bonds is 4. The Balaban J connectivity index is 1.51. The average Bonchev–Trinajstić information content (AvgIpc) is 2.79. The van der Waals surface area contributed by atoms with E-state index in [2.05, 4.69) is 51.7 Å². The zero-order valence-corrected chi connectivity index (χ0v) is 16.4. The van der Waals surface area contributed by atoms with Crippen LogP contribution in [0.4, 0.5) is 5.95 Å². The maximum absolute atomic E-state index is 4.75. The molecule has 144 valence electrons. The lowest BCUT2D eigenvalue weighted by Gasteiger charge is -2.09. The van der Waals surface area contributed by atoms with Gasteiger partial charge in [-0.25, -0.2) is 15.4 Å². The molecule has 1 N–H and O–H groups in total. The predicted octanol–water partition coefficient (Wildman–Crippen LogP) is 5.60. The number of benzene rings is 3. The Bertz CT molecular complexity index is 1370. The van der Waals surface area contributed by atoms with Gasteiger partial charge in [0.1, 0.15) is 0 Å². The summed E-state index contributed by atoms with van der Waals surface area (Å²) in [5.74, 6) is 0.457. The van der Waals surface area contributed by atoms with Gasteiger partial charge in [-0.05, 0) is 25.1 Å². The minimum absolute atomic E-state index is 0.457. The molecule has 0 unspecified atom stereocenters. The molecule has 0 spiro atoms. The van der Waals surface area contributed by atoms with E-state index in [0.29, 0.717) is 5.95 Å². The van der Waals surface area contributed by atoms with Crippen molar-refractivity contribution in [2.45, 2.75) is 6.92 Å². The maximum Gasteiger partial charge on any atom is 0.244 e. The zero-order chi connectivity index (χ0) is 20.3. The van der Waals surface area contributed by atoms with Gasteiger partial charge in [-0.15, -0.1) is 0 Å². The number of aromatic nitrogens is 3. The number of hydrazone groups is 1. The highest BCUT2D eigenvalue weighted by Crippen LogP contribution is 2.27. The van der Waals surface area contributed by atoms with Crippen LogP contribution in [0.5, 0.6) is 0 Å². The van der Waals surface area contributed by atoms with Crippen molar-refractivity contribution in [1.29, 1.82) is 0 Å². The SMILES string of the molecule is Cc1ccc(-c2nc(N/N=C/c3cccc4ncccc34)nc3ccccc23)cc1. The summed E-state index contributed by atoms with van der Waals surface area (Å²) in [6.07, 6.45) is 3.56. The summed E-state index contributed by atoms with van der Waals surface area (Å²) in [5, 5.41) is 6.45.